The summed E-state index contributed by atoms with van der Waals surface area (Å²) in [5.74, 6) is 7.30. The Morgan fingerprint density at radius 2 is 2.25 bits per heavy atom. The van der Waals surface area contributed by atoms with E-state index in [-0.39, 0.29) is 11.7 Å². The standard InChI is InChI=1S/C14H13ClN6O2S/c1-8-5-11(20-23-8)17-12(22)7-24-14-19-18-13(21(14)16)9-3-2-4-10(15)6-9/h2-6H,7,16H2,1H3,(H,17,20,22). The van der Waals surface area contributed by atoms with Gasteiger partial charge in [0, 0.05) is 16.7 Å². The molecule has 124 valence electrons. The van der Waals surface area contributed by atoms with Crippen molar-refractivity contribution in [2.75, 3.05) is 16.9 Å². The van der Waals surface area contributed by atoms with Crippen molar-refractivity contribution in [3.63, 3.8) is 0 Å². The van der Waals surface area contributed by atoms with Gasteiger partial charge in [0.05, 0.1) is 5.75 Å². The number of anilines is 1. The zero-order chi connectivity index (χ0) is 17.1. The third-order valence-corrected chi connectivity index (χ3v) is 4.15. The summed E-state index contributed by atoms with van der Waals surface area (Å²) in [6.07, 6.45) is 0. The lowest BCUT2D eigenvalue weighted by Gasteiger charge is -2.04. The number of aromatic nitrogens is 4. The van der Waals surface area contributed by atoms with Crippen molar-refractivity contribution >= 4 is 35.1 Å². The van der Waals surface area contributed by atoms with Crippen LogP contribution in [0, 0.1) is 6.92 Å². The predicted molar refractivity (Wildman–Crippen MR) is 91.2 cm³/mol. The molecule has 0 bridgehead atoms. The number of nitrogens with two attached hydrogens (primary N) is 1. The number of thioether (sulfide) groups is 1. The Balaban J connectivity index is 1.65. The van der Waals surface area contributed by atoms with E-state index in [1.807, 2.05) is 6.07 Å². The Morgan fingerprint density at radius 3 is 2.96 bits per heavy atom. The number of halogens is 1. The largest absolute Gasteiger partial charge is 0.360 e. The molecule has 3 aromatic rings. The molecule has 0 unspecified atom stereocenters. The summed E-state index contributed by atoms with van der Waals surface area (Å²) in [5.41, 5.74) is 0.742. The molecule has 0 radical (unpaired) electrons. The molecule has 0 aliphatic heterocycles. The number of hydrogen-bond acceptors (Lipinski definition) is 7. The number of nitrogen functional groups attached to an aromatic ring is 1. The smallest absolute Gasteiger partial charge is 0.236 e. The van der Waals surface area contributed by atoms with Crippen LogP contribution in [0.1, 0.15) is 5.76 Å². The summed E-state index contributed by atoms with van der Waals surface area (Å²) >= 11 is 7.13. The molecule has 8 nitrogen and oxygen atoms in total. The molecule has 1 amide bonds. The number of carbonyl (C=O) groups excluding carboxylic acids is 1. The van der Waals surface area contributed by atoms with Crippen LogP contribution in [-0.4, -0.2) is 31.7 Å². The highest BCUT2D eigenvalue weighted by atomic mass is 35.5. The minimum absolute atomic E-state index is 0.108. The van der Waals surface area contributed by atoms with Crippen molar-refractivity contribution in [1.29, 1.82) is 0 Å². The summed E-state index contributed by atoms with van der Waals surface area (Å²) in [4.78, 5) is 11.9. The van der Waals surface area contributed by atoms with Gasteiger partial charge >= 0.3 is 0 Å². The molecular weight excluding hydrogens is 352 g/mol. The first kappa shape index (κ1) is 16.3. The van der Waals surface area contributed by atoms with E-state index in [1.165, 1.54) is 4.68 Å². The Morgan fingerprint density at radius 1 is 1.42 bits per heavy atom. The number of hydrogen-bond donors (Lipinski definition) is 2. The molecule has 24 heavy (non-hydrogen) atoms. The number of nitrogens with one attached hydrogen (secondary N) is 1. The highest BCUT2D eigenvalue weighted by Crippen LogP contribution is 2.23. The van der Waals surface area contributed by atoms with Gasteiger partial charge in [0.15, 0.2) is 11.6 Å². The monoisotopic (exact) mass is 364 g/mol. The van der Waals surface area contributed by atoms with Crippen LogP contribution in [0.25, 0.3) is 11.4 Å². The first-order valence-corrected chi connectivity index (χ1v) is 8.21. The first-order chi connectivity index (χ1) is 11.5. The van der Waals surface area contributed by atoms with Crippen molar-refractivity contribution in [3.05, 3.63) is 41.1 Å². The summed E-state index contributed by atoms with van der Waals surface area (Å²) < 4.78 is 6.20. The van der Waals surface area contributed by atoms with Gasteiger partial charge in [-0.3, -0.25) is 4.79 Å². The van der Waals surface area contributed by atoms with E-state index in [1.54, 1.807) is 31.2 Å². The zero-order valence-electron chi connectivity index (χ0n) is 12.6. The van der Waals surface area contributed by atoms with Gasteiger partial charge in [0.1, 0.15) is 5.76 Å². The second-order valence-corrected chi connectivity index (χ2v) is 6.23. The fourth-order valence-electron chi connectivity index (χ4n) is 1.93. The number of carbonyl (C=O) groups is 1. The van der Waals surface area contributed by atoms with Crippen molar-refractivity contribution in [2.45, 2.75) is 12.1 Å². The van der Waals surface area contributed by atoms with Crippen molar-refractivity contribution < 1.29 is 9.32 Å². The molecule has 3 N–H and O–H groups in total. The molecule has 10 heteroatoms. The number of aryl methyl sites for hydroxylation is 1. The van der Waals surface area contributed by atoms with Crippen molar-refractivity contribution in [2.24, 2.45) is 0 Å². The Bertz CT molecular complexity index is 878. The summed E-state index contributed by atoms with van der Waals surface area (Å²) in [5, 5.41) is 15.3. The number of amides is 1. The van der Waals surface area contributed by atoms with Crippen molar-refractivity contribution in [1.82, 2.24) is 20.0 Å². The van der Waals surface area contributed by atoms with Gasteiger partial charge in [-0.15, -0.1) is 10.2 Å². The van der Waals surface area contributed by atoms with Gasteiger partial charge in [0.2, 0.25) is 11.1 Å². The molecule has 0 aliphatic rings. The lowest BCUT2D eigenvalue weighted by Crippen LogP contribution is -2.16. The lowest BCUT2D eigenvalue weighted by molar-refractivity contribution is -0.113. The van der Waals surface area contributed by atoms with E-state index in [9.17, 15) is 4.79 Å². The quantitative estimate of drug-likeness (QED) is 0.527. The van der Waals surface area contributed by atoms with E-state index < -0.39 is 0 Å². The molecule has 0 spiro atoms. The van der Waals surface area contributed by atoms with Crippen LogP contribution in [0.4, 0.5) is 5.82 Å². The Kier molecular flexibility index (Phi) is 4.72. The van der Waals surface area contributed by atoms with E-state index in [4.69, 9.17) is 22.0 Å². The van der Waals surface area contributed by atoms with Crippen LogP contribution in [-0.2, 0) is 4.79 Å². The average molecular weight is 365 g/mol. The van der Waals surface area contributed by atoms with E-state index >= 15 is 0 Å². The second-order valence-electron chi connectivity index (χ2n) is 4.85. The number of nitrogens with zero attached hydrogens (tertiary/aromatic N) is 4. The van der Waals surface area contributed by atoms with Crippen LogP contribution in [0.3, 0.4) is 0 Å². The van der Waals surface area contributed by atoms with Gasteiger partial charge in [-0.25, -0.2) is 4.68 Å². The Hall–Kier alpha value is -2.52. The zero-order valence-corrected chi connectivity index (χ0v) is 14.1. The normalized spacial score (nSPS) is 10.8. The van der Waals surface area contributed by atoms with E-state index in [0.717, 1.165) is 17.3 Å². The van der Waals surface area contributed by atoms with Crippen LogP contribution in [0.15, 0.2) is 40.0 Å². The van der Waals surface area contributed by atoms with E-state index in [2.05, 4.69) is 20.7 Å². The van der Waals surface area contributed by atoms with Crippen LogP contribution >= 0.6 is 23.4 Å². The van der Waals surface area contributed by atoms with Crippen molar-refractivity contribution in [3.8, 4) is 11.4 Å². The SMILES string of the molecule is Cc1cc(NC(=O)CSc2nnc(-c3cccc(Cl)c3)n2N)no1. The molecular formula is C14H13ClN6O2S. The first-order valence-electron chi connectivity index (χ1n) is 6.85. The highest BCUT2D eigenvalue weighted by Gasteiger charge is 2.14. The molecule has 3 rings (SSSR count). The van der Waals surface area contributed by atoms with Gasteiger partial charge in [-0.1, -0.05) is 40.7 Å². The maximum atomic E-state index is 11.9. The maximum Gasteiger partial charge on any atom is 0.236 e. The van der Waals surface area contributed by atoms with Crippen LogP contribution in [0.2, 0.25) is 5.02 Å². The summed E-state index contributed by atoms with van der Waals surface area (Å²) in [6, 6.07) is 8.75. The molecule has 0 saturated carbocycles. The molecule has 2 heterocycles. The van der Waals surface area contributed by atoms with Gasteiger partial charge in [-0.05, 0) is 19.1 Å². The topological polar surface area (TPSA) is 112 Å². The second kappa shape index (κ2) is 6.93. The number of rotatable bonds is 5. The maximum absolute atomic E-state index is 11.9. The fraction of sp³-hybridized carbons (Fsp3) is 0.143. The summed E-state index contributed by atoms with van der Waals surface area (Å²) in [7, 11) is 0. The molecule has 2 aromatic heterocycles. The third kappa shape index (κ3) is 3.69. The minimum Gasteiger partial charge on any atom is -0.360 e. The molecule has 0 atom stereocenters. The van der Waals surface area contributed by atoms with Crippen LogP contribution in [0.5, 0.6) is 0 Å². The van der Waals surface area contributed by atoms with Gasteiger partial charge < -0.3 is 15.7 Å². The highest BCUT2D eigenvalue weighted by molar-refractivity contribution is 7.99. The predicted octanol–water partition coefficient (Wildman–Crippen LogP) is 2.34. The third-order valence-electron chi connectivity index (χ3n) is 2.98. The van der Waals surface area contributed by atoms with Crippen LogP contribution < -0.4 is 11.2 Å². The number of benzene rings is 1. The Labute approximate surface area is 146 Å². The lowest BCUT2D eigenvalue weighted by atomic mass is 10.2. The average Bonchev–Trinajstić information content (AvgIpc) is 3.11. The molecule has 0 fully saturated rings. The van der Waals surface area contributed by atoms with E-state index in [0.29, 0.717) is 27.6 Å². The molecule has 0 aliphatic carbocycles. The fourth-order valence-corrected chi connectivity index (χ4v) is 2.78. The minimum atomic E-state index is -0.249. The molecule has 1 aromatic carbocycles. The van der Waals surface area contributed by atoms with Gasteiger partial charge in [0.25, 0.3) is 0 Å². The molecule has 0 saturated heterocycles. The summed E-state index contributed by atoms with van der Waals surface area (Å²) in [6.45, 7) is 1.74. The van der Waals surface area contributed by atoms with Gasteiger partial charge in [-0.2, -0.15) is 0 Å².